The average molecular weight is 332 g/mol. The lowest BCUT2D eigenvalue weighted by Crippen LogP contribution is -2.40. The van der Waals surface area contributed by atoms with Gasteiger partial charge in [-0.1, -0.05) is 0 Å². The van der Waals surface area contributed by atoms with Gasteiger partial charge in [0.05, 0.1) is 0 Å². The van der Waals surface area contributed by atoms with E-state index in [0.717, 1.165) is 17.8 Å². The lowest BCUT2D eigenvalue weighted by molar-refractivity contribution is 0.248. The van der Waals surface area contributed by atoms with E-state index in [1.165, 1.54) is 24.2 Å². The van der Waals surface area contributed by atoms with Crippen molar-refractivity contribution in [3.05, 3.63) is 17.0 Å². The Bertz CT molecular complexity index is 552. The summed E-state index contributed by atoms with van der Waals surface area (Å²) in [5.74, 6) is 0. The van der Waals surface area contributed by atoms with Gasteiger partial charge >= 0.3 is 0 Å². The van der Waals surface area contributed by atoms with Crippen molar-refractivity contribution in [3.8, 4) is 0 Å². The third kappa shape index (κ3) is 4.75. The highest BCUT2D eigenvalue weighted by Gasteiger charge is 2.29. The lowest BCUT2D eigenvalue weighted by atomic mass is 10.3. The van der Waals surface area contributed by atoms with E-state index in [1.54, 1.807) is 6.07 Å². The third-order valence-electron chi connectivity index (χ3n) is 3.91. The molecule has 7 heteroatoms. The number of hydrogen-bond acceptors (Lipinski definition) is 5. The number of nitrogens with one attached hydrogen (secondary N) is 2. The van der Waals surface area contributed by atoms with Crippen LogP contribution in [0.1, 0.15) is 24.6 Å². The molecule has 5 nitrogen and oxygen atoms in total. The molecule has 1 aliphatic carbocycles. The molecule has 1 atom stereocenters. The number of hydrogen-bond donors (Lipinski definition) is 2. The van der Waals surface area contributed by atoms with E-state index in [9.17, 15) is 8.42 Å². The second-order valence-electron chi connectivity index (χ2n) is 5.67. The molecule has 0 aliphatic heterocycles. The maximum absolute atomic E-state index is 12.3. The SMILES string of the molecule is CNCCc1ccc(S(=O)(=O)NCC(C)N(C)C2CC2)s1. The van der Waals surface area contributed by atoms with E-state index in [0.29, 0.717) is 16.8 Å². The van der Waals surface area contributed by atoms with Crippen LogP contribution < -0.4 is 10.0 Å². The fourth-order valence-corrected chi connectivity index (χ4v) is 4.69. The standard InChI is InChI=1S/C14H25N3O2S2/c1-11(17(3)12-4-5-12)10-16-21(18,19)14-7-6-13(20-14)8-9-15-2/h6-7,11-12,15-16H,4-5,8-10H2,1-3H3. The van der Waals surface area contributed by atoms with Crippen LogP contribution in [0.5, 0.6) is 0 Å². The van der Waals surface area contributed by atoms with Gasteiger partial charge in [-0.05, 0) is 59.0 Å². The van der Waals surface area contributed by atoms with Gasteiger partial charge in [0.15, 0.2) is 0 Å². The van der Waals surface area contributed by atoms with Crippen molar-refractivity contribution in [1.82, 2.24) is 14.9 Å². The summed E-state index contributed by atoms with van der Waals surface area (Å²) in [6.45, 7) is 3.38. The zero-order valence-electron chi connectivity index (χ0n) is 12.9. The highest BCUT2D eigenvalue weighted by Crippen LogP contribution is 2.27. The molecular formula is C14H25N3O2S2. The van der Waals surface area contributed by atoms with Gasteiger partial charge in [-0.15, -0.1) is 11.3 Å². The van der Waals surface area contributed by atoms with Crippen molar-refractivity contribution in [3.63, 3.8) is 0 Å². The summed E-state index contributed by atoms with van der Waals surface area (Å²) >= 11 is 1.35. The molecule has 0 spiro atoms. The van der Waals surface area contributed by atoms with Crippen molar-refractivity contribution in [2.45, 2.75) is 42.5 Å². The summed E-state index contributed by atoms with van der Waals surface area (Å²) in [5, 5.41) is 3.07. The summed E-state index contributed by atoms with van der Waals surface area (Å²) in [4.78, 5) is 3.35. The van der Waals surface area contributed by atoms with Gasteiger partial charge in [0.1, 0.15) is 4.21 Å². The van der Waals surface area contributed by atoms with Crippen molar-refractivity contribution in [1.29, 1.82) is 0 Å². The van der Waals surface area contributed by atoms with Crippen LogP contribution in [0.3, 0.4) is 0 Å². The summed E-state index contributed by atoms with van der Waals surface area (Å²) in [7, 11) is 0.584. The number of sulfonamides is 1. The minimum absolute atomic E-state index is 0.219. The monoisotopic (exact) mass is 331 g/mol. The van der Waals surface area contributed by atoms with E-state index in [4.69, 9.17) is 0 Å². The Labute approximate surface area is 131 Å². The van der Waals surface area contributed by atoms with Crippen LogP contribution in [0.15, 0.2) is 16.3 Å². The predicted octanol–water partition coefficient (Wildman–Crippen LogP) is 1.27. The van der Waals surface area contributed by atoms with Crippen molar-refractivity contribution < 1.29 is 8.42 Å². The highest BCUT2D eigenvalue weighted by molar-refractivity contribution is 7.91. The number of thiophene rings is 1. The molecule has 0 saturated heterocycles. The fraction of sp³-hybridized carbons (Fsp3) is 0.714. The van der Waals surface area contributed by atoms with Gasteiger partial charge in [0, 0.05) is 23.5 Å². The molecule has 1 heterocycles. The first-order chi connectivity index (χ1) is 9.94. The lowest BCUT2D eigenvalue weighted by Gasteiger charge is -2.24. The molecule has 0 amide bonds. The first-order valence-electron chi connectivity index (χ1n) is 7.39. The minimum Gasteiger partial charge on any atom is -0.319 e. The first kappa shape index (κ1) is 16.9. The third-order valence-corrected chi connectivity index (χ3v) is 6.97. The quantitative estimate of drug-likeness (QED) is 0.715. The molecule has 120 valence electrons. The van der Waals surface area contributed by atoms with Gasteiger partial charge in [0.2, 0.25) is 10.0 Å². The van der Waals surface area contributed by atoms with Crippen LogP contribution in [0.25, 0.3) is 0 Å². The van der Waals surface area contributed by atoms with Gasteiger partial charge in [-0.25, -0.2) is 13.1 Å². The Morgan fingerprint density at radius 2 is 2.14 bits per heavy atom. The number of rotatable bonds is 9. The molecule has 1 aromatic heterocycles. The smallest absolute Gasteiger partial charge is 0.250 e. The van der Waals surface area contributed by atoms with Crippen LogP contribution in [0.2, 0.25) is 0 Å². The zero-order chi connectivity index (χ0) is 15.5. The van der Waals surface area contributed by atoms with Crippen LogP contribution >= 0.6 is 11.3 Å². The Kier molecular flexibility index (Phi) is 5.79. The zero-order valence-corrected chi connectivity index (χ0v) is 14.6. The maximum atomic E-state index is 12.3. The van der Waals surface area contributed by atoms with Gasteiger partial charge in [-0.3, -0.25) is 4.90 Å². The molecule has 1 aliphatic rings. The first-order valence-corrected chi connectivity index (χ1v) is 9.69. The molecule has 1 aromatic rings. The molecular weight excluding hydrogens is 306 g/mol. The van der Waals surface area contributed by atoms with E-state index in [2.05, 4.69) is 28.9 Å². The Morgan fingerprint density at radius 1 is 1.43 bits per heavy atom. The second-order valence-corrected chi connectivity index (χ2v) is 8.83. The van der Waals surface area contributed by atoms with E-state index in [-0.39, 0.29) is 6.04 Å². The highest BCUT2D eigenvalue weighted by atomic mass is 32.2. The number of nitrogens with zero attached hydrogens (tertiary/aromatic N) is 1. The number of likely N-dealkylation sites (N-methyl/N-ethyl adjacent to an activating group) is 2. The molecule has 2 rings (SSSR count). The summed E-state index contributed by atoms with van der Waals surface area (Å²) in [6.07, 6.45) is 3.32. The Balaban J connectivity index is 1.89. The van der Waals surface area contributed by atoms with Crippen molar-refractivity contribution in [2.24, 2.45) is 0 Å². The average Bonchev–Trinajstić information content (AvgIpc) is 3.19. The molecule has 0 radical (unpaired) electrons. The van der Waals surface area contributed by atoms with Crippen LogP contribution in [-0.2, 0) is 16.4 Å². The molecule has 21 heavy (non-hydrogen) atoms. The van der Waals surface area contributed by atoms with Gasteiger partial charge in [0.25, 0.3) is 0 Å². The molecule has 1 saturated carbocycles. The maximum Gasteiger partial charge on any atom is 0.250 e. The minimum atomic E-state index is -3.38. The van der Waals surface area contributed by atoms with Crippen LogP contribution in [0, 0.1) is 0 Å². The fourth-order valence-electron chi connectivity index (χ4n) is 2.17. The second kappa shape index (κ2) is 7.19. The summed E-state index contributed by atoms with van der Waals surface area (Å²) < 4.78 is 27.7. The molecule has 1 unspecified atom stereocenters. The van der Waals surface area contributed by atoms with E-state index in [1.807, 2.05) is 13.1 Å². The van der Waals surface area contributed by atoms with Crippen molar-refractivity contribution in [2.75, 3.05) is 27.2 Å². The largest absolute Gasteiger partial charge is 0.319 e. The van der Waals surface area contributed by atoms with Gasteiger partial charge < -0.3 is 5.32 Å². The Morgan fingerprint density at radius 3 is 2.76 bits per heavy atom. The molecule has 2 N–H and O–H groups in total. The van der Waals surface area contributed by atoms with Crippen LogP contribution in [0.4, 0.5) is 0 Å². The Hall–Kier alpha value is -0.470. The summed E-state index contributed by atoms with van der Waals surface area (Å²) in [5.41, 5.74) is 0. The van der Waals surface area contributed by atoms with E-state index < -0.39 is 10.0 Å². The normalized spacial score (nSPS) is 17.3. The molecule has 0 bridgehead atoms. The van der Waals surface area contributed by atoms with E-state index >= 15 is 0 Å². The van der Waals surface area contributed by atoms with Crippen molar-refractivity contribution >= 4 is 21.4 Å². The topological polar surface area (TPSA) is 61.4 Å². The summed E-state index contributed by atoms with van der Waals surface area (Å²) in [6, 6.07) is 4.46. The predicted molar refractivity (Wildman–Crippen MR) is 87.4 cm³/mol. The molecule has 0 aromatic carbocycles. The van der Waals surface area contributed by atoms with Crippen LogP contribution in [-0.4, -0.2) is 52.6 Å². The molecule has 1 fully saturated rings. The van der Waals surface area contributed by atoms with Gasteiger partial charge in [-0.2, -0.15) is 0 Å².